The van der Waals surface area contributed by atoms with E-state index in [2.05, 4.69) is 40.7 Å². The van der Waals surface area contributed by atoms with Crippen LogP contribution in [0.15, 0.2) is 11.6 Å². The molecule has 4 aliphatic rings. The molecule has 9 atom stereocenters. The van der Waals surface area contributed by atoms with Crippen molar-refractivity contribution in [3.63, 3.8) is 0 Å². The molecule has 0 aromatic rings. The molecule has 0 saturated heterocycles. The van der Waals surface area contributed by atoms with Crippen molar-refractivity contribution in [3.05, 3.63) is 11.6 Å². The van der Waals surface area contributed by atoms with Crippen LogP contribution in [0, 0.1) is 46.3 Å². The van der Waals surface area contributed by atoms with Crippen molar-refractivity contribution in [1.82, 2.24) is 0 Å². The van der Waals surface area contributed by atoms with E-state index in [4.69, 9.17) is 15.6 Å². The average Bonchev–Trinajstić information content (AvgIpc) is 3.19. The first-order valence-corrected chi connectivity index (χ1v) is 15.3. The minimum atomic E-state index is -1.07. The van der Waals surface area contributed by atoms with E-state index < -0.39 is 12.0 Å². The maximum absolute atomic E-state index is 12.4. The first kappa shape index (κ1) is 28.6. The molecule has 4 aliphatic carbocycles. The van der Waals surface area contributed by atoms with E-state index in [1.54, 1.807) is 0 Å². The Morgan fingerprint density at radius 1 is 1.05 bits per heavy atom. The van der Waals surface area contributed by atoms with Crippen molar-refractivity contribution in [2.75, 3.05) is 0 Å². The number of hydrogen-bond donors (Lipinski definition) is 2. The van der Waals surface area contributed by atoms with Crippen LogP contribution in [0.2, 0.25) is 0 Å². The summed E-state index contributed by atoms with van der Waals surface area (Å²) in [7, 11) is 0. The van der Waals surface area contributed by atoms with Gasteiger partial charge in [-0.2, -0.15) is 0 Å². The number of aliphatic carboxylic acids is 1. The van der Waals surface area contributed by atoms with Gasteiger partial charge in [-0.1, -0.05) is 65.5 Å². The largest absolute Gasteiger partial charge is 0.480 e. The lowest BCUT2D eigenvalue weighted by molar-refractivity contribution is -0.152. The van der Waals surface area contributed by atoms with E-state index >= 15 is 0 Å². The van der Waals surface area contributed by atoms with Crippen LogP contribution in [-0.2, 0) is 14.3 Å². The van der Waals surface area contributed by atoms with E-state index in [9.17, 15) is 9.59 Å². The van der Waals surface area contributed by atoms with Crippen molar-refractivity contribution in [2.24, 2.45) is 52.1 Å². The van der Waals surface area contributed by atoms with Gasteiger partial charge < -0.3 is 15.6 Å². The summed E-state index contributed by atoms with van der Waals surface area (Å²) in [6.07, 6.45) is 16.4. The van der Waals surface area contributed by atoms with Gasteiger partial charge in [-0.05, 0) is 97.7 Å². The van der Waals surface area contributed by atoms with Crippen molar-refractivity contribution >= 4 is 11.9 Å². The van der Waals surface area contributed by atoms with Crippen LogP contribution < -0.4 is 5.73 Å². The molecule has 3 saturated carbocycles. The Balaban J connectivity index is 1.37. The molecule has 5 heteroatoms. The Labute approximate surface area is 225 Å². The second-order valence-electron chi connectivity index (χ2n) is 14.1. The fourth-order valence-electron chi connectivity index (χ4n) is 9.39. The molecule has 5 nitrogen and oxygen atoms in total. The predicted molar refractivity (Wildman–Crippen MR) is 148 cm³/mol. The quantitative estimate of drug-likeness (QED) is 0.238. The standard InChI is InChI=1S/C32H53NO4/c1-20(2)7-6-8-21(3)25-11-12-26-24-10-9-22-19-23(37-29(34)14-13-28(33)30(35)36)15-17-31(22,4)27(24)16-18-32(25,26)5/h9,20-21,23-28H,6-8,10-19,33H2,1-5H3,(H,35,36)/t21-,23?,24+,25-,26+,27+,28+,31+,32-/m1/s1. The van der Waals surface area contributed by atoms with Crippen molar-refractivity contribution in [1.29, 1.82) is 0 Å². The number of fused-ring (bicyclic) bond motifs is 5. The number of esters is 1. The van der Waals surface area contributed by atoms with Crippen molar-refractivity contribution in [3.8, 4) is 0 Å². The summed E-state index contributed by atoms with van der Waals surface area (Å²) < 4.78 is 5.80. The van der Waals surface area contributed by atoms with Gasteiger partial charge in [-0.25, -0.2) is 0 Å². The molecule has 0 amide bonds. The second kappa shape index (κ2) is 11.4. The zero-order valence-corrected chi connectivity index (χ0v) is 24.1. The van der Waals surface area contributed by atoms with Crippen LogP contribution in [0.25, 0.3) is 0 Å². The Hall–Kier alpha value is -1.36. The van der Waals surface area contributed by atoms with Crippen LogP contribution in [0.4, 0.5) is 0 Å². The summed E-state index contributed by atoms with van der Waals surface area (Å²) in [5.41, 5.74) is 7.81. The van der Waals surface area contributed by atoms with Gasteiger partial charge in [0.2, 0.25) is 0 Å². The molecule has 0 aliphatic heterocycles. The summed E-state index contributed by atoms with van der Waals surface area (Å²) in [6, 6.07) is -1.00. The molecule has 1 unspecified atom stereocenters. The summed E-state index contributed by atoms with van der Waals surface area (Å²) >= 11 is 0. The Morgan fingerprint density at radius 2 is 1.81 bits per heavy atom. The van der Waals surface area contributed by atoms with E-state index in [1.165, 1.54) is 56.9 Å². The number of nitrogens with two attached hydrogens (primary N) is 1. The van der Waals surface area contributed by atoms with Gasteiger partial charge in [0.05, 0.1) is 0 Å². The molecular weight excluding hydrogens is 462 g/mol. The van der Waals surface area contributed by atoms with Gasteiger partial charge in [-0.3, -0.25) is 9.59 Å². The molecule has 210 valence electrons. The highest BCUT2D eigenvalue weighted by molar-refractivity contribution is 5.75. The van der Waals surface area contributed by atoms with Crippen LogP contribution in [0.3, 0.4) is 0 Å². The van der Waals surface area contributed by atoms with Crippen LogP contribution in [0.1, 0.15) is 118 Å². The van der Waals surface area contributed by atoms with Crippen LogP contribution >= 0.6 is 0 Å². The second-order valence-corrected chi connectivity index (χ2v) is 14.1. The molecule has 0 spiro atoms. The number of ether oxygens (including phenoxy) is 1. The topological polar surface area (TPSA) is 89.6 Å². The molecule has 37 heavy (non-hydrogen) atoms. The third kappa shape index (κ3) is 5.82. The highest BCUT2D eigenvalue weighted by Crippen LogP contribution is 2.67. The number of allylic oxidation sites excluding steroid dienone is 1. The van der Waals surface area contributed by atoms with E-state index in [0.717, 1.165) is 54.8 Å². The zero-order valence-electron chi connectivity index (χ0n) is 24.1. The maximum Gasteiger partial charge on any atom is 0.320 e. The highest BCUT2D eigenvalue weighted by Gasteiger charge is 2.59. The Morgan fingerprint density at radius 3 is 2.51 bits per heavy atom. The average molecular weight is 516 g/mol. The fraction of sp³-hybridized carbons (Fsp3) is 0.875. The first-order chi connectivity index (χ1) is 17.5. The Kier molecular flexibility index (Phi) is 8.83. The summed E-state index contributed by atoms with van der Waals surface area (Å²) in [4.78, 5) is 23.3. The SMILES string of the molecule is CC(C)CCC[C@@H](C)[C@H]1CC[C@H]2[C@@H]3CC=C4CC(OC(=O)CC[C@H](N)C(=O)O)CC[C@]4(C)[C@H]3CC[C@]12C. The minimum absolute atomic E-state index is 0.0717. The number of carboxylic acid groups (broad SMARTS) is 1. The monoisotopic (exact) mass is 515 g/mol. The predicted octanol–water partition coefficient (Wildman–Crippen LogP) is 7.13. The normalized spacial score (nSPS) is 38.7. The molecule has 3 N–H and O–H groups in total. The zero-order chi connectivity index (χ0) is 27.0. The lowest BCUT2D eigenvalue weighted by Gasteiger charge is -2.58. The maximum atomic E-state index is 12.4. The number of carbonyl (C=O) groups excluding carboxylic acids is 1. The lowest BCUT2D eigenvalue weighted by Crippen LogP contribution is -2.51. The van der Waals surface area contributed by atoms with Crippen molar-refractivity contribution < 1.29 is 19.4 Å². The first-order valence-electron chi connectivity index (χ1n) is 15.3. The molecular formula is C32H53NO4. The molecule has 0 aromatic heterocycles. The summed E-state index contributed by atoms with van der Waals surface area (Å²) in [5.74, 6) is 3.56. The molecule has 0 heterocycles. The Bertz CT molecular complexity index is 867. The summed E-state index contributed by atoms with van der Waals surface area (Å²) in [6.45, 7) is 12.4. The number of carbonyl (C=O) groups is 2. The number of carboxylic acids is 1. The summed E-state index contributed by atoms with van der Waals surface area (Å²) in [5, 5.41) is 8.95. The van der Waals surface area contributed by atoms with E-state index in [-0.39, 0.29) is 30.3 Å². The smallest absolute Gasteiger partial charge is 0.320 e. The van der Waals surface area contributed by atoms with Gasteiger partial charge >= 0.3 is 11.9 Å². The van der Waals surface area contributed by atoms with Crippen LogP contribution in [0.5, 0.6) is 0 Å². The minimum Gasteiger partial charge on any atom is -0.480 e. The molecule has 0 aromatic carbocycles. The molecule has 0 bridgehead atoms. The third-order valence-corrected chi connectivity index (χ3v) is 11.5. The van der Waals surface area contributed by atoms with E-state index in [0.29, 0.717) is 5.41 Å². The fourth-order valence-corrected chi connectivity index (χ4v) is 9.39. The van der Waals surface area contributed by atoms with Gasteiger partial charge in [0.25, 0.3) is 0 Å². The van der Waals surface area contributed by atoms with Crippen molar-refractivity contribution in [2.45, 2.75) is 130 Å². The van der Waals surface area contributed by atoms with Gasteiger partial charge in [-0.15, -0.1) is 0 Å². The number of hydrogen-bond acceptors (Lipinski definition) is 4. The molecule has 0 radical (unpaired) electrons. The van der Waals surface area contributed by atoms with Crippen LogP contribution in [-0.4, -0.2) is 29.2 Å². The number of rotatable bonds is 10. The lowest BCUT2D eigenvalue weighted by atomic mass is 9.47. The molecule has 4 rings (SSSR count). The van der Waals surface area contributed by atoms with Gasteiger partial charge in [0.15, 0.2) is 0 Å². The third-order valence-electron chi connectivity index (χ3n) is 11.5. The van der Waals surface area contributed by atoms with Gasteiger partial charge in [0, 0.05) is 12.8 Å². The molecule has 3 fully saturated rings. The van der Waals surface area contributed by atoms with E-state index in [1.807, 2.05) is 0 Å². The highest BCUT2D eigenvalue weighted by atomic mass is 16.5. The van der Waals surface area contributed by atoms with Gasteiger partial charge in [0.1, 0.15) is 12.1 Å².